The summed E-state index contributed by atoms with van der Waals surface area (Å²) in [5, 5.41) is 3.63. The fraction of sp³-hybridized carbons (Fsp3) is 0.647. The van der Waals surface area contributed by atoms with E-state index in [9.17, 15) is 0 Å². The van der Waals surface area contributed by atoms with E-state index in [-0.39, 0.29) is 0 Å². The van der Waals surface area contributed by atoms with Gasteiger partial charge in [0.2, 0.25) is 0 Å². The van der Waals surface area contributed by atoms with Crippen molar-refractivity contribution in [2.75, 3.05) is 26.2 Å². The second-order valence-corrected chi connectivity index (χ2v) is 6.39. The van der Waals surface area contributed by atoms with Gasteiger partial charge in [-0.15, -0.1) is 0 Å². The molecule has 0 bridgehead atoms. The van der Waals surface area contributed by atoms with Crippen molar-refractivity contribution in [2.45, 2.75) is 38.8 Å². The molecular weight excluding hydrogens is 248 g/mol. The van der Waals surface area contributed by atoms with Gasteiger partial charge in [0, 0.05) is 37.2 Å². The van der Waals surface area contributed by atoms with Crippen LogP contribution in [0.2, 0.25) is 0 Å². The number of rotatable bonds is 1. The quantitative estimate of drug-likeness (QED) is 0.852. The summed E-state index contributed by atoms with van der Waals surface area (Å²) in [5.74, 6) is 1.79. The van der Waals surface area contributed by atoms with Crippen LogP contribution in [0.15, 0.2) is 24.3 Å². The summed E-state index contributed by atoms with van der Waals surface area (Å²) in [6, 6.07) is 9.72. The van der Waals surface area contributed by atoms with Crippen LogP contribution in [0, 0.1) is 5.92 Å². The number of fused-ring (bicyclic) bond motifs is 1. The SMILES string of the molecule is CC1CNC(C)CCN(C2CCOc3ccccc32)C1. The van der Waals surface area contributed by atoms with Gasteiger partial charge in [0.05, 0.1) is 6.61 Å². The molecule has 0 amide bonds. The van der Waals surface area contributed by atoms with E-state index >= 15 is 0 Å². The average Bonchev–Trinajstić information content (AvgIpc) is 2.47. The molecule has 20 heavy (non-hydrogen) atoms. The molecule has 3 unspecified atom stereocenters. The van der Waals surface area contributed by atoms with Crippen LogP contribution < -0.4 is 10.1 Å². The van der Waals surface area contributed by atoms with E-state index < -0.39 is 0 Å². The predicted octanol–water partition coefficient (Wildman–Crippen LogP) is 2.83. The first kappa shape index (κ1) is 13.9. The Balaban J connectivity index is 1.80. The number of nitrogens with zero attached hydrogens (tertiary/aromatic N) is 1. The van der Waals surface area contributed by atoms with Crippen molar-refractivity contribution >= 4 is 0 Å². The Morgan fingerprint density at radius 1 is 1.20 bits per heavy atom. The highest BCUT2D eigenvalue weighted by atomic mass is 16.5. The number of para-hydroxylation sites is 1. The van der Waals surface area contributed by atoms with Crippen molar-refractivity contribution in [2.24, 2.45) is 5.92 Å². The highest BCUT2D eigenvalue weighted by Gasteiger charge is 2.28. The van der Waals surface area contributed by atoms with Crippen molar-refractivity contribution in [1.82, 2.24) is 10.2 Å². The minimum Gasteiger partial charge on any atom is -0.493 e. The third kappa shape index (κ3) is 2.99. The first-order chi connectivity index (χ1) is 9.74. The normalized spacial score (nSPS) is 31.8. The van der Waals surface area contributed by atoms with Gasteiger partial charge in [-0.25, -0.2) is 0 Å². The molecule has 2 aliphatic heterocycles. The topological polar surface area (TPSA) is 24.5 Å². The Kier molecular flexibility index (Phi) is 4.27. The van der Waals surface area contributed by atoms with Crippen LogP contribution in [-0.4, -0.2) is 37.2 Å². The lowest BCUT2D eigenvalue weighted by atomic mass is 9.96. The summed E-state index contributed by atoms with van der Waals surface area (Å²) in [6.45, 7) is 8.98. The first-order valence-electron chi connectivity index (χ1n) is 7.93. The van der Waals surface area contributed by atoms with Crippen LogP contribution >= 0.6 is 0 Å². The van der Waals surface area contributed by atoms with Crippen molar-refractivity contribution in [3.05, 3.63) is 29.8 Å². The zero-order valence-electron chi connectivity index (χ0n) is 12.6. The van der Waals surface area contributed by atoms with Gasteiger partial charge < -0.3 is 10.1 Å². The van der Waals surface area contributed by atoms with Gasteiger partial charge in [-0.3, -0.25) is 4.90 Å². The zero-order chi connectivity index (χ0) is 13.9. The second kappa shape index (κ2) is 6.15. The van der Waals surface area contributed by atoms with Gasteiger partial charge in [0.1, 0.15) is 5.75 Å². The molecule has 2 heterocycles. The standard InChI is InChI=1S/C17H26N2O/c1-13-11-18-14(2)7-9-19(12-13)16-8-10-20-17-6-4-3-5-15(16)17/h3-6,13-14,16,18H,7-12H2,1-2H3. The minimum atomic E-state index is 0.535. The molecule has 1 aromatic rings. The van der Waals surface area contributed by atoms with Crippen molar-refractivity contribution in [3.63, 3.8) is 0 Å². The second-order valence-electron chi connectivity index (χ2n) is 6.39. The molecule has 110 valence electrons. The summed E-state index contributed by atoms with van der Waals surface area (Å²) in [4.78, 5) is 2.68. The van der Waals surface area contributed by atoms with Crippen molar-refractivity contribution < 1.29 is 4.74 Å². The van der Waals surface area contributed by atoms with Gasteiger partial charge in [0.15, 0.2) is 0 Å². The van der Waals surface area contributed by atoms with Crippen LogP contribution in [0.1, 0.15) is 38.3 Å². The molecule has 3 atom stereocenters. The van der Waals surface area contributed by atoms with Crippen molar-refractivity contribution in [1.29, 1.82) is 0 Å². The lowest BCUT2D eigenvalue weighted by molar-refractivity contribution is 0.110. The molecule has 1 saturated heterocycles. The summed E-state index contributed by atoms with van der Waals surface area (Å²) in [7, 11) is 0. The lowest BCUT2D eigenvalue weighted by Crippen LogP contribution is -2.44. The number of hydrogen-bond acceptors (Lipinski definition) is 3. The van der Waals surface area contributed by atoms with E-state index in [1.165, 1.54) is 25.1 Å². The monoisotopic (exact) mass is 274 g/mol. The van der Waals surface area contributed by atoms with Gasteiger partial charge >= 0.3 is 0 Å². The number of ether oxygens (including phenoxy) is 1. The summed E-state index contributed by atoms with van der Waals surface area (Å²) in [5.41, 5.74) is 1.38. The molecule has 0 spiro atoms. The summed E-state index contributed by atoms with van der Waals surface area (Å²) in [6.07, 6.45) is 2.35. The van der Waals surface area contributed by atoms with E-state index in [0.717, 1.165) is 25.3 Å². The maximum absolute atomic E-state index is 5.81. The van der Waals surface area contributed by atoms with Gasteiger partial charge in [-0.05, 0) is 31.9 Å². The fourth-order valence-electron chi connectivity index (χ4n) is 3.41. The molecule has 3 heteroatoms. The zero-order valence-corrected chi connectivity index (χ0v) is 12.6. The van der Waals surface area contributed by atoms with Crippen LogP contribution in [0.4, 0.5) is 0 Å². The van der Waals surface area contributed by atoms with Crippen molar-refractivity contribution in [3.8, 4) is 5.75 Å². The number of benzene rings is 1. The fourth-order valence-corrected chi connectivity index (χ4v) is 3.41. The highest BCUT2D eigenvalue weighted by Crippen LogP contribution is 2.36. The summed E-state index contributed by atoms with van der Waals surface area (Å²) >= 11 is 0. The average molecular weight is 274 g/mol. The molecule has 2 aliphatic rings. The lowest BCUT2D eigenvalue weighted by Gasteiger charge is -2.39. The van der Waals surface area contributed by atoms with Crippen LogP contribution in [-0.2, 0) is 0 Å². The van der Waals surface area contributed by atoms with Gasteiger partial charge in [0.25, 0.3) is 0 Å². The van der Waals surface area contributed by atoms with Gasteiger partial charge in [-0.1, -0.05) is 25.1 Å². The first-order valence-corrected chi connectivity index (χ1v) is 7.93. The molecule has 1 aromatic carbocycles. The Morgan fingerprint density at radius 2 is 2.05 bits per heavy atom. The molecule has 0 saturated carbocycles. The van der Waals surface area contributed by atoms with E-state index in [2.05, 4.69) is 48.3 Å². The summed E-state index contributed by atoms with van der Waals surface area (Å²) < 4.78 is 5.81. The highest BCUT2D eigenvalue weighted by molar-refractivity contribution is 5.37. The Bertz CT molecular complexity index is 448. The van der Waals surface area contributed by atoms with E-state index in [0.29, 0.717) is 18.0 Å². The molecule has 0 aliphatic carbocycles. The molecule has 1 fully saturated rings. The number of hydrogen-bond donors (Lipinski definition) is 1. The van der Waals surface area contributed by atoms with Crippen LogP contribution in [0.25, 0.3) is 0 Å². The molecule has 1 N–H and O–H groups in total. The van der Waals surface area contributed by atoms with Gasteiger partial charge in [-0.2, -0.15) is 0 Å². The Morgan fingerprint density at radius 3 is 2.95 bits per heavy atom. The molecule has 3 rings (SSSR count). The molecule has 0 aromatic heterocycles. The van der Waals surface area contributed by atoms with E-state index in [4.69, 9.17) is 4.74 Å². The molecular formula is C17H26N2O. The molecule has 0 radical (unpaired) electrons. The number of nitrogens with one attached hydrogen (secondary N) is 1. The maximum atomic E-state index is 5.81. The van der Waals surface area contributed by atoms with Crippen LogP contribution in [0.3, 0.4) is 0 Å². The third-order valence-corrected chi connectivity index (χ3v) is 4.58. The molecule has 3 nitrogen and oxygen atoms in total. The Hall–Kier alpha value is -1.06. The predicted molar refractivity (Wildman–Crippen MR) is 82.1 cm³/mol. The largest absolute Gasteiger partial charge is 0.493 e. The van der Waals surface area contributed by atoms with E-state index in [1.54, 1.807) is 0 Å². The third-order valence-electron chi connectivity index (χ3n) is 4.58. The van der Waals surface area contributed by atoms with E-state index in [1.807, 2.05) is 0 Å². The smallest absolute Gasteiger partial charge is 0.124 e. The minimum absolute atomic E-state index is 0.535. The Labute approximate surface area is 122 Å². The maximum Gasteiger partial charge on any atom is 0.124 e. The van der Waals surface area contributed by atoms with Crippen LogP contribution in [0.5, 0.6) is 5.75 Å².